The van der Waals surface area contributed by atoms with Crippen molar-refractivity contribution in [1.29, 1.82) is 0 Å². The van der Waals surface area contributed by atoms with Gasteiger partial charge in [-0.05, 0) is 30.3 Å². The van der Waals surface area contributed by atoms with Gasteiger partial charge in [0, 0.05) is 16.8 Å². The molecule has 1 N–H and O–H groups in total. The Hall–Kier alpha value is -3.40. The van der Waals surface area contributed by atoms with Gasteiger partial charge in [-0.15, -0.1) is 0 Å². The first kappa shape index (κ1) is 18.9. The van der Waals surface area contributed by atoms with Crippen LogP contribution in [-0.4, -0.2) is 41.4 Å². The summed E-state index contributed by atoms with van der Waals surface area (Å²) in [6, 6.07) is 6.86. The van der Waals surface area contributed by atoms with Crippen molar-refractivity contribution in [3.63, 3.8) is 0 Å². The number of hydrogen-bond acceptors (Lipinski definition) is 6. The highest BCUT2D eigenvalue weighted by Gasteiger charge is 2.55. The Morgan fingerprint density at radius 2 is 1.90 bits per heavy atom. The van der Waals surface area contributed by atoms with Crippen molar-refractivity contribution in [1.82, 2.24) is 5.01 Å². The van der Waals surface area contributed by atoms with E-state index in [1.54, 1.807) is 24.3 Å². The predicted molar refractivity (Wildman–Crippen MR) is 98.1 cm³/mol. The largest absolute Gasteiger partial charge is 0.324 e. The minimum absolute atomic E-state index is 0.119. The average Bonchev–Trinajstić information content (AvgIpc) is 3.18. The molecule has 3 amide bonds. The molecule has 1 fully saturated rings. The van der Waals surface area contributed by atoms with E-state index in [1.165, 1.54) is 0 Å². The first-order valence-corrected chi connectivity index (χ1v) is 8.78. The molecule has 2 aliphatic rings. The smallest absolute Gasteiger partial charge is 0.263 e. The maximum absolute atomic E-state index is 13.5. The zero-order valence-electron chi connectivity index (χ0n) is 14.6. The number of anilines is 2. The van der Waals surface area contributed by atoms with E-state index >= 15 is 0 Å². The summed E-state index contributed by atoms with van der Waals surface area (Å²) in [5.74, 6) is -4.26. The lowest BCUT2D eigenvalue weighted by Crippen LogP contribution is -2.43. The molecular formula is C18H12ClF2N5O3. The number of carbonyl (C=O) groups is 3. The fourth-order valence-electron chi connectivity index (χ4n) is 3.15. The van der Waals surface area contributed by atoms with Gasteiger partial charge in [0.1, 0.15) is 6.54 Å². The number of nitrogens with zero attached hydrogens (tertiary/aromatic N) is 4. The molecule has 0 aromatic heterocycles. The maximum Gasteiger partial charge on any atom is 0.263 e. The molecule has 2 aromatic rings. The monoisotopic (exact) mass is 419 g/mol. The highest BCUT2D eigenvalue weighted by atomic mass is 35.5. The van der Waals surface area contributed by atoms with Crippen LogP contribution in [0.3, 0.4) is 0 Å². The van der Waals surface area contributed by atoms with Gasteiger partial charge in [-0.25, -0.2) is 13.7 Å². The Morgan fingerprint density at radius 3 is 2.62 bits per heavy atom. The topological polar surface area (TPSA) is 94.4 Å². The van der Waals surface area contributed by atoms with Crippen LogP contribution < -0.4 is 10.2 Å². The molecule has 29 heavy (non-hydrogen) atoms. The molecule has 2 heterocycles. The van der Waals surface area contributed by atoms with E-state index in [-0.39, 0.29) is 12.2 Å². The normalized spacial score (nSPS) is 20.4. The number of benzene rings is 2. The highest BCUT2D eigenvalue weighted by molar-refractivity contribution is 6.31. The molecule has 8 nitrogen and oxygen atoms in total. The van der Waals surface area contributed by atoms with E-state index in [2.05, 4.69) is 15.7 Å². The summed E-state index contributed by atoms with van der Waals surface area (Å²) in [5.41, 5.74) is 0.333. The summed E-state index contributed by atoms with van der Waals surface area (Å²) in [6.07, 6.45) is 0. The van der Waals surface area contributed by atoms with Crippen LogP contribution in [0.5, 0.6) is 0 Å². The van der Waals surface area contributed by atoms with E-state index in [0.29, 0.717) is 10.7 Å². The van der Waals surface area contributed by atoms with Gasteiger partial charge in [0.05, 0.1) is 5.69 Å². The second-order valence-corrected chi connectivity index (χ2v) is 6.80. The lowest BCUT2D eigenvalue weighted by atomic mass is 10.1. The molecule has 0 radical (unpaired) electrons. The lowest BCUT2D eigenvalue weighted by Gasteiger charge is -2.20. The Labute approximate surface area is 167 Å². The van der Waals surface area contributed by atoms with Crippen LogP contribution in [-0.2, 0) is 14.4 Å². The molecule has 2 aliphatic heterocycles. The fourth-order valence-corrected chi connectivity index (χ4v) is 3.34. The van der Waals surface area contributed by atoms with Crippen molar-refractivity contribution in [2.24, 2.45) is 10.3 Å². The first-order valence-electron chi connectivity index (χ1n) is 8.41. The van der Waals surface area contributed by atoms with E-state index < -0.39 is 41.4 Å². The molecule has 0 spiro atoms. The predicted octanol–water partition coefficient (Wildman–Crippen LogP) is 2.55. The van der Waals surface area contributed by atoms with Crippen LogP contribution in [0.4, 0.5) is 20.2 Å². The maximum atomic E-state index is 13.5. The van der Waals surface area contributed by atoms with E-state index in [4.69, 9.17) is 11.6 Å². The van der Waals surface area contributed by atoms with Gasteiger partial charge in [-0.2, -0.15) is 5.11 Å². The molecule has 0 saturated carbocycles. The van der Waals surface area contributed by atoms with Gasteiger partial charge in [0.15, 0.2) is 23.7 Å². The van der Waals surface area contributed by atoms with E-state index in [1.807, 2.05) is 0 Å². The Morgan fingerprint density at radius 1 is 1.10 bits per heavy atom. The van der Waals surface area contributed by atoms with Gasteiger partial charge in [0.25, 0.3) is 11.8 Å². The third kappa shape index (κ3) is 3.42. The quantitative estimate of drug-likeness (QED) is 0.770. The van der Waals surface area contributed by atoms with Crippen molar-refractivity contribution in [2.75, 3.05) is 16.8 Å². The molecule has 0 bridgehead atoms. The number of halogens is 3. The summed E-state index contributed by atoms with van der Waals surface area (Å²) >= 11 is 5.87. The van der Waals surface area contributed by atoms with Crippen molar-refractivity contribution in [2.45, 2.75) is 12.1 Å². The lowest BCUT2D eigenvalue weighted by molar-refractivity contribution is -0.123. The van der Waals surface area contributed by atoms with Gasteiger partial charge >= 0.3 is 0 Å². The van der Waals surface area contributed by atoms with Crippen LogP contribution in [0.2, 0.25) is 5.02 Å². The summed E-state index contributed by atoms with van der Waals surface area (Å²) in [5, 5.41) is 11.6. The fraction of sp³-hybridized carbons (Fsp3) is 0.167. The van der Waals surface area contributed by atoms with Crippen LogP contribution in [0.25, 0.3) is 0 Å². The number of amides is 3. The number of carbonyl (C=O) groups excluding carboxylic acids is 3. The van der Waals surface area contributed by atoms with Gasteiger partial charge in [-0.3, -0.25) is 19.4 Å². The van der Waals surface area contributed by atoms with Crippen LogP contribution in [0.15, 0.2) is 52.8 Å². The standard InChI is InChI=1S/C18H12ClF2N5O3/c19-9-2-1-3-10(6-9)22-14(27)8-25-16-15(23-24-25)17(28)26(18(16)29)11-4-5-12(20)13(21)7-11/h1-7,15-16H,8H2,(H,22,27)/t15-,16+/m0/s1. The van der Waals surface area contributed by atoms with Crippen molar-refractivity contribution < 1.29 is 23.2 Å². The molecule has 0 aliphatic carbocycles. The first-order chi connectivity index (χ1) is 13.8. The molecule has 2 atom stereocenters. The summed E-state index contributed by atoms with van der Waals surface area (Å²) < 4.78 is 26.7. The molecule has 11 heteroatoms. The third-order valence-corrected chi connectivity index (χ3v) is 4.67. The molecular weight excluding hydrogens is 408 g/mol. The summed E-state index contributed by atoms with van der Waals surface area (Å²) in [6.45, 7) is -0.345. The highest BCUT2D eigenvalue weighted by Crippen LogP contribution is 2.32. The minimum Gasteiger partial charge on any atom is -0.324 e. The van der Waals surface area contributed by atoms with Crippen LogP contribution in [0.1, 0.15) is 0 Å². The van der Waals surface area contributed by atoms with Gasteiger partial charge in [-0.1, -0.05) is 22.9 Å². The molecule has 148 valence electrons. The summed E-state index contributed by atoms with van der Waals surface area (Å²) in [4.78, 5) is 38.3. The second-order valence-electron chi connectivity index (χ2n) is 6.36. The number of imide groups is 1. The summed E-state index contributed by atoms with van der Waals surface area (Å²) in [7, 11) is 0. The zero-order valence-corrected chi connectivity index (χ0v) is 15.3. The van der Waals surface area contributed by atoms with Gasteiger partial charge in [0.2, 0.25) is 5.91 Å². The van der Waals surface area contributed by atoms with E-state index in [0.717, 1.165) is 28.1 Å². The number of hydrogen-bond donors (Lipinski definition) is 1. The molecule has 4 rings (SSSR count). The number of nitrogens with one attached hydrogen (secondary N) is 1. The van der Waals surface area contributed by atoms with Gasteiger partial charge < -0.3 is 5.32 Å². The van der Waals surface area contributed by atoms with Crippen molar-refractivity contribution in [3.05, 3.63) is 59.1 Å². The molecule has 1 saturated heterocycles. The molecule has 0 unspecified atom stereocenters. The number of fused-ring (bicyclic) bond motifs is 1. The Bertz CT molecular complexity index is 1060. The Kier molecular flexibility index (Phi) is 4.71. The average molecular weight is 420 g/mol. The Balaban J connectivity index is 1.50. The van der Waals surface area contributed by atoms with Crippen LogP contribution >= 0.6 is 11.6 Å². The van der Waals surface area contributed by atoms with Crippen molar-refractivity contribution >= 4 is 40.7 Å². The van der Waals surface area contributed by atoms with Crippen LogP contribution in [0, 0.1) is 11.6 Å². The number of rotatable bonds is 4. The van der Waals surface area contributed by atoms with Crippen molar-refractivity contribution in [3.8, 4) is 0 Å². The second kappa shape index (κ2) is 7.21. The molecule has 2 aromatic carbocycles. The third-order valence-electron chi connectivity index (χ3n) is 4.43. The van der Waals surface area contributed by atoms with E-state index in [9.17, 15) is 23.2 Å². The minimum atomic E-state index is -1.19. The SMILES string of the molecule is O=C(CN1N=N[C@@H]2C(=O)N(c3ccc(F)c(F)c3)C(=O)[C@@H]21)Nc1cccc(Cl)c1. The zero-order chi connectivity index (χ0) is 20.7.